The highest BCUT2D eigenvalue weighted by Crippen LogP contribution is 2.29. The molecule has 1 aromatic rings. The summed E-state index contributed by atoms with van der Waals surface area (Å²) in [7, 11) is 0. The van der Waals surface area contributed by atoms with Crippen molar-refractivity contribution in [2.75, 3.05) is 13.4 Å². The molecule has 3 rings (SSSR count). The summed E-state index contributed by atoms with van der Waals surface area (Å²) in [5.74, 6) is 1.64. The Bertz CT molecular complexity index is 430. The van der Waals surface area contributed by atoms with Crippen LogP contribution in [0.5, 0.6) is 5.75 Å². The Morgan fingerprint density at radius 2 is 2.05 bits per heavy atom. The Morgan fingerprint density at radius 1 is 1.21 bits per heavy atom. The number of hydrogen-bond acceptors (Lipinski definition) is 3. The highest BCUT2D eigenvalue weighted by atomic mass is 35.5. The maximum Gasteiger partial charge on any atom is 0.189 e. The molecule has 0 aromatic heterocycles. The van der Waals surface area contributed by atoms with Crippen LogP contribution < -0.4 is 10.1 Å². The van der Waals surface area contributed by atoms with Crippen LogP contribution >= 0.6 is 11.6 Å². The van der Waals surface area contributed by atoms with Crippen molar-refractivity contribution < 1.29 is 9.47 Å². The molecule has 2 aliphatic rings. The van der Waals surface area contributed by atoms with Gasteiger partial charge >= 0.3 is 0 Å². The zero-order valence-electron chi connectivity index (χ0n) is 11.0. The van der Waals surface area contributed by atoms with Crippen LogP contribution in [0.1, 0.15) is 31.2 Å². The zero-order chi connectivity index (χ0) is 13.1. The van der Waals surface area contributed by atoms with Gasteiger partial charge < -0.3 is 14.8 Å². The van der Waals surface area contributed by atoms with Gasteiger partial charge in [0.1, 0.15) is 5.75 Å². The third-order valence-corrected chi connectivity index (χ3v) is 3.76. The second-order valence-electron chi connectivity index (χ2n) is 5.48. The van der Waals surface area contributed by atoms with Crippen molar-refractivity contribution >= 4 is 11.6 Å². The Labute approximate surface area is 119 Å². The highest BCUT2D eigenvalue weighted by Gasteiger charge is 2.22. The van der Waals surface area contributed by atoms with Crippen molar-refractivity contribution in [3.05, 3.63) is 28.8 Å². The highest BCUT2D eigenvalue weighted by molar-refractivity contribution is 6.30. The van der Waals surface area contributed by atoms with E-state index in [0.717, 1.165) is 35.4 Å². The van der Waals surface area contributed by atoms with Crippen LogP contribution in [0.25, 0.3) is 0 Å². The van der Waals surface area contributed by atoms with Crippen molar-refractivity contribution in [2.24, 2.45) is 5.92 Å². The Hall–Kier alpha value is -0.770. The second kappa shape index (κ2) is 6.12. The van der Waals surface area contributed by atoms with Crippen LogP contribution in [0.15, 0.2) is 18.2 Å². The molecule has 3 nitrogen and oxygen atoms in total. The number of halogens is 1. The molecule has 0 radical (unpaired) electrons. The third kappa shape index (κ3) is 4.37. The van der Waals surface area contributed by atoms with Gasteiger partial charge in [0.2, 0.25) is 0 Å². The molecule has 0 saturated heterocycles. The maximum absolute atomic E-state index is 6.04. The van der Waals surface area contributed by atoms with E-state index in [1.807, 2.05) is 18.2 Å². The lowest BCUT2D eigenvalue weighted by atomic mass is 10.2. The first-order valence-corrected chi connectivity index (χ1v) is 7.41. The first-order chi connectivity index (χ1) is 9.31. The van der Waals surface area contributed by atoms with Gasteiger partial charge in [-0.15, -0.1) is 0 Å². The van der Waals surface area contributed by atoms with Gasteiger partial charge in [-0.2, -0.15) is 0 Å². The average Bonchev–Trinajstić information content (AvgIpc) is 3.27. The molecule has 2 fully saturated rings. The van der Waals surface area contributed by atoms with E-state index in [1.165, 1.54) is 25.7 Å². The summed E-state index contributed by atoms with van der Waals surface area (Å²) in [6.07, 6.45) is 5.16. The molecule has 0 aliphatic heterocycles. The van der Waals surface area contributed by atoms with Crippen LogP contribution in [0.3, 0.4) is 0 Å². The standard InChI is InChI=1S/C15H20ClNO2/c16-13-3-6-15(19-10-18-9-11-1-2-11)12(7-13)8-17-14-4-5-14/h3,6-7,11,14,17H,1-2,4-5,8-10H2. The van der Waals surface area contributed by atoms with E-state index in [4.69, 9.17) is 21.1 Å². The van der Waals surface area contributed by atoms with E-state index in [9.17, 15) is 0 Å². The summed E-state index contributed by atoms with van der Waals surface area (Å²) in [6, 6.07) is 6.43. The van der Waals surface area contributed by atoms with E-state index in [-0.39, 0.29) is 0 Å². The maximum atomic E-state index is 6.04. The lowest BCUT2D eigenvalue weighted by molar-refractivity contribution is 0.00942. The monoisotopic (exact) mass is 281 g/mol. The fourth-order valence-electron chi connectivity index (χ4n) is 1.97. The van der Waals surface area contributed by atoms with Crippen molar-refractivity contribution in [3.63, 3.8) is 0 Å². The quantitative estimate of drug-likeness (QED) is 0.585. The number of benzene rings is 1. The molecule has 0 spiro atoms. The van der Waals surface area contributed by atoms with E-state index in [0.29, 0.717) is 12.8 Å². The average molecular weight is 282 g/mol. The minimum atomic E-state index is 0.328. The minimum Gasteiger partial charge on any atom is -0.467 e. The van der Waals surface area contributed by atoms with Gasteiger partial charge in [-0.1, -0.05) is 11.6 Å². The van der Waals surface area contributed by atoms with Crippen molar-refractivity contribution in [1.82, 2.24) is 5.32 Å². The van der Waals surface area contributed by atoms with Crippen molar-refractivity contribution in [2.45, 2.75) is 38.3 Å². The third-order valence-electron chi connectivity index (χ3n) is 3.53. The molecule has 19 heavy (non-hydrogen) atoms. The van der Waals surface area contributed by atoms with E-state index >= 15 is 0 Å². The van der Waals surface area contributed by atoms with Gasteiger partial charge in [0.15, 0.2) is 6.79 Å². The topological polar surface area (TPSA) is 30.5 Å². The molecule has 0 bridgehead atoms. The molecule has 0 unspecified atom stereocenters. The molecule has 2 saturated carbocycles. The number of ether oxygens (including phenoxy) is 2. The summed E-state index contributed by atoms with van der Waals surface area (Å²) < 4.78 is 11.2. The lowest BCUT2D eigenvalue weighted by Gasteiger charge is -2.12. The smallest absolute Gasteiger partial charge is 0.189 e. The summed E-state index contributed by atoms with van der Waals surface area (Å²) in [6.45, 7) is 1.96. The predicted molar refractivity (Wildman–Crippen MR) is 75.5 cm³/mol. The summed E-state index contributed by atoms with van der Waals surface area (Å²) in [4.78, 5) is 0. The second-order valence-corrected chi connectivity index (χ2v) is 5.92. The molecular weight excluding hydrogens is 262 g/mol. The summed E-state index contributed by atoms with van der Waals surface area (Å²) >= 11 is 6.04. The zero-order valence-corrected chi connectivity index (χ0v) is 11.8. The van der Waals surface area contributed by atoms with Crippen LogP contribution in [0.2, 0.25) is 5.02 Å². The molecule has 1 N–H and O–H groups in total. The molecule has 0 atom stereocenters. The SMILES string of the molecule is Clc1ccc(OCOCC2CC2)c(CNC2CC2)c1. The van der Waals surface area contributed by atoms with Gasteiger partial charge in [0.05, 0.1) is 6.61 Å². The molecule has 2 aliphatic carbocycles. The van der Waals surface area contributed by atoms with Crippen LogP contribution in [0.4, 0.5) is 0 Å². The molecule has 0 amide bonds. The van der Waals surface area contributed by atoms with Crippen LogP contribution in [0, 0.1) is 5.92 Å². The number of hydrogen-bond donors (Lipinski definition) is 1. The van der Waals surface area contributed by atoms with Gasteiger partial charge in [-0.25, -0.2) is 0 Å². The minimum absolute atomic E-state index is 0.328. The molecule has 4 heteroatoms. The van der Waals surface area contributed by atoms with E-state index in [2.05, 4.69) is 5.32 Å². The van der Waals surface area contributed by atoms with Crippen LogP contribution in [-0.4, -0.2) is 19.4 Å². The summed E-state index contributed by atoms with van der Waals surface area (Å²) in [5, 5.41) is 4.23. The molecule has 0 heterocycles. The van der Waals surface area contributed by atoms with Gasteiger partial charge in [-0.05, 0) is 49.8 Å². The normalized spacial score (nSPS) is 18.6. The Morgan fingerprint density at radius 3 is 2.79 bits per heavy atom. The van der Waals surface area contributed by atoms with E-state index < -0.39 is 0 Å². The predicted octanol–water partition coefficient (Wildman–Crippen LogP) is 3.35. The van der Waals surface area contributed by atoms with Crippen LogP contribution in [-0.2, 0) is 11.3 Å². The molecule has 1 aromatic carbocycles. The van der Waals surface area contributed by atoms with Crippen molar-refractivity contribution in [1.29, 1.82) is 0 Å². The Kier molecular flexibility index (Phi) is 4.26. The van der Waals surface area contributed by atoms with Gasteiger partial charge in [0, 0.05) is 23.2 Å². The summed E-state index contributed by atoms with van der Waals surface area (Å²) in [5.41, 5.74) is 1.11. The molecular formula is C15H20ClNO2. The fraction of sp³-hybridized carbons (Fsp3) is 0.600. The largest absolute Gasteiger partial charge is 0.467 e. The number of rotatable bonds is 8. The first-order valence-electron chi connectivity index (χ1n) is 7.03. The lowest BCUT2D eigenvalue weighted by Crippen LogP contribution is -2.16. The number of nitrogens with one attached hydrogen (secondary N) is 1. The van der Waals surface area contributed by atoms with Gasteiger partial charge in [0.25, 0.3) is 0 Å². The van der Waals surface area contributed by atoms with Gasteiger partial charge in [-0.3, -0.25) is 0 Å². The molecule has 104 valence electrons. The fourth-order valence-corrected chi connectivity index (χ4v) is 2.17. The van der Waals surface area contributed by atoms with E-state index in [1.54, 1.807) is 0 Å². The Balaban J connectivity index is 1.51. The first kappa shape index (κ1) is 13.2. The van der Waals surface area contributed by atoms with Crippen molar-refractivity contribution in [3.8, 4) is 5.75 Å².